The van der Waals surface area contributed by atoms with Crippen LogP contribution in [0, 0.1) is 5.92 Å². The maximum atomic E-state index is 12.0. The standard InChI is InChI=1S/C15H16O3/c1-11(2)10-18-15(16)13-7-4-3-6-12(13)14-8-5-9-17-14/h3-9,11H,10H2,1-2H3. The molecule has 0 saturated carbocycles. The van der Waals surface area contributed by atoms with Crippen molar-refractivity contribution in [2.24, 2.45) is 5.92 Å². The Labute approximate surface area is 106 Å². The topological polar surface area (TPSA) is 39.4 Å². The molecule has 2 rings (SSSR count). The van der Waals surface area contributed by atoms with Crippen molar-refractivity contribution in [3.05, 3.63) is 48.2 Å². The zero-order valence-electron chi connectivity index (χ0n) is 10.6. The van der Waals surface area contributed by atoms with Crippen LogP contribution in [0.4, 0.5) is 0 Å². The number of furan rings is 1. The molecule has 0 atom stereocenters. The molecule has 94 valence electrons. The quantitative estimate of drug-likeness (QED) is 0.769. The lowest BCUT2D eigenvalue weighted by atomic mass is 10.1. The van der Waals surface area contributed by atoms with Gasteiger partial charge in [0.25, 0.3) is 0 Å². The molecule has 0 unspecified atom stereocenters. The monoisotopic (exact) mass is 244 g/mol. The van der Waals surface area contributed by atoms with Gasteiger partial charge in [0, 0.05) is 5.56 Å². The van der Waals surface area contributed by atoms with Crippen LogP contribution in [0.5, 0.6) is 0 Å². The molecule has 2 aromatic rings. The Morgan fingerprint density at radius 2 is 2.00 bits per heavy atom. The number of ether oxygens (including phenoxy) is 1. The van der Waals surface area contributed by atoms with Crippen molar-refractivity contribution in [3.63, 3.8) is 0 Å². The third-order valence-electron chi connectivity index (χ3n) is 2.48. The van der Waals surface area contributed by atoms with Crippen LogP contribution in [0.1, 0.15) is 24.2 Å². The van der Waals surface area contributed by atoms with Crippen LogP contribution in [0.3, 0.4) is 0 Å². The van der Waals surface area contributed by atoms with E-state index in [4.69, 9.17) is 9.15 Å². The van der Waals surface area contributed by atoms with Crippen LogP contribution < -0.4 is 0 Å². The van der Waals surface area contributed by atoms with Crippen molar-refractivity contribution in [1.82, 2.24) is 0 Å². The minimum Gasteiger partial charge on any atom is -0.464 e. The lowest BCUT2D eigenvalue weighted by Gasteiger charge is -2.09. The third kappa shape index (κ3) is 2.80. The summed E-state index contributed by atoms with van der Waals surface area (Å²) in [6.07, 6.45) is 1.59. The summed E-state index contributed by atoms with van der Waals surface area (Å²) in [6.45, 7) is 4.43. The average Bonchev–Trinajstić information content (AvgIpc) is 2.89. The van der Waals surface area contributed by atoms with Gasteiger partial charge in [0.15, 0.2) is 0 Å². The highest BCUT2D eigenvalue weighted by Crippen LogP contribution is 2.24. The van der Waals surface area contributed by atoms with Crippen LogP contribution in [0.15, 0.2) is 47.1 Å². The molecule has 0 N–H and O–H groups in total. The number of benzene rings is 1. The Bertz CT molecular complexity index is 512. The fourth-order valence-electron chi connectivity index (χ4n) is 1.63. The van der Waals surface area contributed by atoms with Gasteiger partial charge in [0.1, 0.15) is 5.76 Å². The van der Waals surface area contributed by atoms with E-state index in [9.17, 15) is 4.79 Å². The van der Waals surface area contributed by atoms with Crippen molar-refractivity contribution in [3.8, 4) is 11.3 Å². The highest BCUT2D eigenvalue weighted by molar-refractivity contribution is 5.96. The van der Waals surface area contributed by atoms with Crippen LogP contribution in [-0.4, -0.2) is 12.6 Å². The van der Waals surface area contributed by atoms with Crippen molar-refractivity contribution in [2.45, 2.75) is 13.8 Å². The van der Waals surface area contributed by atoms with Gasteiger partial charge in [-0.2, -0.15) is 0 Å². The summed E-state index contributed by atoms with van der Waals surface area (Å²) in [7, 11) is 0. The first-order valence-electron chi connectivity index (χ1n) is 5.98. The molecular weight excluding hydrogens is 228 g/mol. The van der Waals surface area contributed by atoms with Gasteiger partial charge in [-0.25, -0.2) is 4.79 Å². The van der Waals surface area contributed by atoms with Gasteiger partial charge in [0.05, 0.1) is 18.4 Å². The zero-order valence-corrected chi connectivity index (χ0v) is 10.6. The zero-order chi connectivity index (χ0) is 13.0. The van der Waals surface area contributed by atoms with E-state index in [-0.39, 0.29) is 5.97 Å². The summed E-state index contributed by atoms with van der Waals surface area (Å²) in [6, 6.07) is 10.9. The van der Waals surface area contributed by atoms with E-state index >= 15 is 0 Å². The van der Waals surface area contributed by atoms with E-state index in [1.807, 2.05) is 38.1 Å². The maximum Gasteiger partial charge on any atom is 0.338 e. The van der Waals surface area contributed by atoms with Crippen molar-refractivity contribution in [2.75, 3.05) is 6.61 Å². The van der Waals surface area contributed by atoms with E-state index in [0.717, 1.165) is 5.56 Å². The first-order valence-corrected chi connectivity index (χ1v) is 5.98. The molecule has 0 aliphatic heterocycles. The molecule has 0 bridgehead atoms. The van der Waals surface area contributed by atoms with Gasteiger partial charge in [-0.3, -0.25) is 0 Å². The van der Waals surface area contributed by atoms with E-state index in [1.54, 1.807) is 18.4 Å². The predicted octanol–water partition coefficient (Wildman–Crippen LogP) is 3.76. The van der Waals surface area contributed by atoms with Crippen molar-refractivity contribution in [1.29, 1.82) is 0 Å². The Hall–Kier alpha value is -2.03. The van der Waals surface area contributed by atoms with Gasteiger partial charge < -0.3 is 9.15 Å². The summed E-state index contributed by atoms with van der Waals surface area (Å²) < 4.78 is 10.6. The molecule has 1 aromatic heterocycles. The third-order valence-corrected chi connectivity index (χ3v) is 2.48. The van der Waals surface area contributed by atoms with E-state index in [2.05, 4.69) is 0 Å². The molecule has 0 aliphatic rings. The fourth-order valence-corrected chi connectivity index (χ4v) is 1.63. The van der Waals surface area contributed by atoms with Gasteiger partial charge in [-0.05, 0) is 24.1 Å². The second-order valence-electron chi connectivity index (χ2n) is 4.52. The number of carbonyl (C=O) groups is 1. The molecule has 3 heteroatoms. The Kier molecular flexibility index (Phi) is 3.82. The average molecular weight is 244 g/mol. The van der Waals surface area contributed by atoms with Gasteiger partial charge >= 0.3 is 5.97 Å². The van der Waals surface area contributed by atoms with E-state index in [0.29, 0.717) is 23.8 Å². The lowest BCUT2D eigenvalue weighted by molar-refractivity contribution is 0.0459. The normalized spacial score (nSPS) is 10.6. The maximum absolute atomic E-state index is 12.0. The number of carbonyl (C=O) groups excluding carboxylic acids is 1. The minimum atomic E-state index is -0.310. The number of hydrogen-bond donors (Lipinski definition) is 0. The first kappa shape index (κ1) is 12.4. The molecule has 0 saturated heterocycles. The Balaban J connectivity index is 2.25. The van der Waals surface area contributed by atoms with E-state index in [1.165, 1.54) is 0 Å². The minimum absolute atomic E-state index is 0.310. The molecule has 0 aliphatic carbocycles. The summed E-state index contributed by atoms with van der Waals surface area (Å²) in [5.74, 6) is 0.688. The van der Waals surface area contributed by atoms with Gasteiger partial charge in [0.2, 0.25) is 0 Å². The summed E-state index contributed by atoms with van der Waals surface area (Å²) in [5.41, 5.74) is 1.30. The van der Waals surface area contributed by atoms with Crippen LogP contribution >= 0.6 is 0 Å². The number of hydrogen-bond acceptors (Lipinski definition) is 3. The molecule has 0 amide bonds. The molecule has 0 radical (unpaired) electrons. The Morgan fingerprint density at radius 3 is 2.67 bits per heavy atom. The fraction of sp³-hybridized carbons (Fsp3) is 0.267. The van der Waals surface area contributed by atoms with Crippen LogP contribution in [0.2, 0.25) is 0 Å². The molecular formula is C15H16O3. The largest absolute Gasteiger partial charge is 0.464 e. The molecule has 0 fully saturated rings. The van der Waals surface area contributed by atoms with Crippen LogP contribution in [0.25, 0.3) is 11.3 Å². The second kappa shape index (κ2) is 5.54. The Morgan fingerprint density at radius 1 is 1.22 bits per heavy atom. The van der Waals surface area contributed by atoms with Crippen LogP contribution in [-0.2, 0) is 4.74 Å². The smallest absolute Gasteiger partial charge is 0.338 e. The molecule has 1 heterocycles. The van der Waals surface area contributed by atoms with Gasteiger partial charge in [-0.1, -0.05) is 32.0 Å². The van der Waals surface area contributed by atoms with Crippen molar-refractivity contribution < 1.29 is 13.9 Å². The summed E-state index contributed by atoms with van der Waals surface area (Å²) >= 11 is 0. The molecule has 18 heavy (non-hydrogen) atoms. The van der Waals surface area contributed by atoms with E-state index < -0.39 is 0 Å². The van der Waals surface area contributed by atoms with Crippen molar-refractivity contribution >= 4 is 5.97 Å². The summed E-state index contributed by atoms with van der Waals surface area (Å²) in [5, 5.41) is 0. The number of rotatable bonds is 4. The second-order valence-corrected chi connectivity index (χ2v) is 4.52. The lowest BCUT2D eigenvalue weighted by Crippen LogP contribution is -2.11. The molecule has 0 spiro atoms. The predicted molar refractivity (Wildman–Crippen MR) is 69.3 cm³/mol. The highest BCUT2D eigenvalue weighted by atomic mass is 16.5. The molecule has 1 aromatic carbocycles. The van der Waals surface area contributed by atoms with Gasteiger partial charge in [-0.15, -0.1) is 0 Å². The SMILES string of the molecule is CC(C)COC(=O)c1ccccc1-c1ccco1. The molecule has 3 nitrogen and oxygen atoms in total. The summed E-state index contributed by atoms with van der Waals surface area (Å²) in [4.78, 5) is 12.0. The first-order chi connectivity index (χ1) is 8.68. The highest BCUT2D eigenvalue weighted by Gasteiger charge is 2.15. The number of esters is 1.